The van der Waals surface area contributed by atoms with Gasteiger partial charge in [0.05, 0.1) is 6.04 Å². The second kappa shape index (κ2) is 11.5. The monoisotopic (exact) mass is 650 g/mol. The van der Waals surface area contributed by atoms with E-state index in [1.54, 1.807) is 22.5 Å². The first-order valence-corrected chi connectivity index (χ1v) is 20.0. The third kappa shape index (κ3) is 4.59. The molecule has 1 aliphatic heterocycles. The molecule has 0 spiro atoms. The summed E-state index contributed by atoms with van der Waals surface area (Å²) in [5.74, 6) is 3.67. The van der Waals surface area contributed by atoms with Crippen LogP contribution in [0.3, 0.4) is 0 Å². The molecule has 1 saturated carbocycles. The number of fused-ring (bicyclic) bond motifs is 8. The van der Waals surface area contributed by atoms with Crippen molar-refractivity contribution in [1.29, 1.82) is 0 Å². The van der Waals surface area contributed by atoms with Crippen molar-refractivity contribution in [3.05, 3.63) is 112 Å². The summed E-state index contributed by atoms with van der Waals surface area (Å²) < 4.78 is 9.55. The minimum Gasteiger partial charge on any atom is -0.493 e. The first-order valence-electron chi connectivity index (χ1n) is 20.0. The van der Waals surface area contributed by atoms with Gasteiger partial charge in [-0.05, 0) is 118 Å². The number of allylic oxidation sites excluding steroid dienone is 11. The normalized spacial score (nSPS) is 32.8. The minimum atomic E-state index is 0.192. The van der Waals surface area contributed by atoms with E-state index in [2.05, 4.69) is 97.0 Å². The molecule has 2 aromatic rings. The highest BCUT2D eigenvalue weighted by molar-refractivity contribution is 5.92. The largest absolute Gasteiger partial charge is 0.493 e. The smallest absolute Gasteiger partial charge is 0.109 e. The lowest BCUT2D eigenvalue weighted by atomic mass is 9.72. The molecule has 1 aromatic carbocycles. The van der Waals surface area contributed by atoms with Gasteiger partial charge in [-0.3, -0.25) is 0 Å². The molecule has 7 aliphatic carbocycles. The fourth-order valence-electron chi connectivity index (χ4n) is 11.8. The van der Waals surface area contributed by atoms with Crippen molar-refractivity contribution in [2.75, 3.05) is 0 Å². The van der Waals surface area contributed by atoms with Crippen molar-refractivity contribution in [2.45, 2.75) is 123 Å². The zero-order chi connectivity index (χ0) is 32.9. The summed E-state index contributed by atoms with van der Waals surface area (Å²) in [6, 6.07) is 9.72. The van der Waals surface area contributed by atoms with E-state index in [9.17, 15) is 0 Å². The van der Waals surface area contributed by atoms with E-state index in [-0.39, 0.29) is 5.41 Å². The van der Waals surface area contributed by atoms with Gasteiger partial charge in [0.2, 0.25) is 0 Å². The highest BCUT2D eigenvalue weighted by atomic mass is 16.5. The van der Waals surface area contributed by atoms with Gasteiger partial charge in [0.1, 0.15) is 11.9 Å². The molecule has 6 atom stereocenters. The summed E-state index contributed by atoms with van der Waals surface area (Å²) in [6.07, 6.45) is 35.0. The summed E-state index contributed by atoms with van der Waals surface area (Å²) >= 11 is 0. The van der Waals surface area contributed by atoms with E-state index in [0.29, 0.717) is 35.8 Å². The van der Waals surface area contributed by atoms with Crippen LogP contribution in [0, 0.1) is 29.1 Å². The average Bonchev–Trinajstić information content (AvgIpc) is 3.75. The minimum absolute atomic E-state index is 0.192. The number of benzene rings is 1. The third-order valence-electron chi connectivity index (χ3n) is 14.0. The highest BCUT2D eigenvalue weighted by Crippen LogP contribution is 2.62. The lowest BCUT2D eigenvalue weighted by Crippen LogP contribution is -2.33. The van der Waals surface area contributed by atoms with Crippen LogP contribution in [0.15, 0.2) is 100 Å². The predicted octanol–water partition coefficient (Wildman–Crippen LogP) is 11.9. The fourth-order valence-corrected chi connectivity index (χ4v) is 11.8. The van der Waals surface area contributed by atoms with Gasteiger partial charge in [0, 0.05) is 63.1 Å². The third-order valence-corrected chi connectivity index (χ3v) is 14.0. The van der Waals surface area contributed by atoms with Gasteiger partial charge in [-0.2, -0.15) is 0 Å². The molecule has 254 valence electrons. The van der Waals surface area contributed by atoms with E-state index in [0.717, 1.165) is 38.5 Å². The van der Waals surface area contributed by atoms with E-state index in [1.807, 2.05) is 0 Å². The molecule has 2 heterocycles. The molecule has 1 fully saturated rings. The van der Waals surface area contributed by atoms with Crippen LogP contribution in [0.4, 0.5) is 0 Å². The van der Waals surface area contributed by atoms with E-state index < -0.39 is 0 Å². The van der Waals surface area contributed by atoms with Crippen molar-refractivity contribution in [3.63, 3.8) is 0 Å². The molecule has 0 amide bonds. The van der Waals surface area contributed by atoms with Crippen LogP contribution in [0.1, 0.15) is 122 Å². The van der Waals surface area contributed by atoms with Crippen LogP contribution in [0.2, 0.25) is 0 Å². The van der Waals surface area contributed by atoms with Crippen LogP contribution in [-0.4, -0.2) is 15.6 Å². The first-order chi connectivity index (χ1) is 24.0. The lowest BCUT2D eigenvalue weighted by Gasteiger charge is -2.42. The summed E-state index contributed by atoms with van der Waals surface area (Å²) in [5.41, 5.74) is 14.3. The topological polar surface area (TPSA) is 17.4 Å². The van der Waals surface area contributed by atoms with Crippen LogP contribution in [-0.2, 0) is 11.2 Å². The van der Waals surface area contributed by atoms with Crippen molar-refractivity contribution in [3.8, 4) is 0 Å². The quantitative estimate of drug-likeness (QED) is 0.306. The van der Waals surface area contributed by atoms with Gasteiger partial charge in [-0.1, -0.05) is 81.0 Å². The Bertz CT molecular complexity index is 1940. The molecule has 0 bridgehead atoms. The number of para-hydroxylation sites is 1. The van der Waals surface area contributed by atoms with Crippen LogP contribution in [0.25, 0.3) is 17.0 Å². The zero-order valence-corrected chi connectivity index (χ0v) is 30.0. The average molecular weight is 651 g/mol. The van der Waals surface area contributed by atoms with Crippen molar-refractivity contribution >= 4 is 17.0 Å². The Morgan fingerprint density at radius 2 is 1.78 bits per heavy atom. The first kappa shape index (κ1) is 30.4. The highest BCUT2D eigenvalue weighted by Gasteiger charge is 2.52. The molecule has 10 rings (SSSR count). The molecule has 49 heavy (non-hydrogen) atoms. The summed E-state index contributed by atoms with van der Waals surface area (Å²) in [4.78, 5) is 2.88. The van der Waals surface area contributed by atoms with Gasteiger partial charge in [-0.25, -0.2) is 0 Å². The summed E-state index contributed by atoms with van der Waals surface area (Å²) in [7, 11) is 0. The maximum Gasteiger partial charge on any atom is 0.109 e. The van der Waals surface area contributed by atoms with Crippen LogP contribution in [0.5, 0.6) is 0 Å². The standard InChI is InChI=1S/C46H54N2O/c1-29-22-24-30(25-23-29)47-38-17-8-5-13-33(38)36-28-31(26-27-39(36)47)48(40-18-11-21-43-44(40)35-14-6-9-20-42(35)49-43)41-19-10-15-34-32-12-4-7-16-37(32)46(2,3)45(34)41/h5-6,8,12-14,17-18,22,24,28-30,34-35,37,42H,4,7,9-11,15-16,19-21,23,25-27H2,1-3H3. The van der Waals surface area contributed by atoms with Gasteiger partial charge in [0.25, 0.3) is 0 Å². The van der Waals surface area contributed by atoms with Gasteiger partial charge < -0.3 is 14.2 Å². The van der Waals surface area contributed by atoms with Crippen LogP contribution >= 0.6 is 0 Å². The molecule has 8 aliphatic rings. The molecule has 0 radical (unpaired) electrons. The van der Waals surface area contributed by atoms with E-state index in [4.69, 9.17) is 4.74 Å². The second-order valence-corrected chi connectivity index (χ2v) is 17.1. The van der Waals surface area contributed by atoms with Gasteiger partial charge in [-0.15, -0.1) is 0 Å². The number of hydrogen-bond donors (Lipinski definition) is 0. The number of rotatable bonds is 4. The molecule has 1 aromatic heterocycles. The Kier molecular flexibility index (Phi) is 7.15. The Hall–Kier alpha value is -3.46. The molecule has 3 nitrogen and oxygen atoms in total. The summed E-state index contributed by atoms with van der Waals surface area (Å²) in [6.45, 7) is 7.57. The van der Waals surface area contributed by atoms with Crippen molar-refractivity contribution < 1.29 is 4.74 Å². The van der Waals surface area contributed by atoms with Crippen molar-refractivity contribution in [2.24, 2.45) is 29.1 Å². The number of aromatic nitrogens is 1. The number of hydrogen-bond acceptors (Lipinski definition) is 2. The van der Waals surface area contributed by atoms with E-state index >= 15 is 0 Å². The maximum atomic E-state index is 6.83. The molecule has 3 heteroatoms. The van der Waals surface area contributed by atoms with Gasteiger partial charge in [0.15, 0.2) is 0 Å². The molecule has 0 N–H and O–H groups in total. The SMILES string of the molecule is CC1C=CC(n2c3c(c4ccccc42)C=C(N(C2=CCCC4=C2C2C=CCCC2O4)C2=C4C(CCC2)C2=CCCCC2C4(C)C)CC3)CC1. The zero-order valence-electron chi connectivity index (χ0n) is 30.0. The molecule has 6 unspecified atom stereocenters. The fraction of sp³-hybridized carbons (Fsp3) is 0.522. The Morgan fingerprint density at radius 3 is 2.67 bits per heavy atom. The second-order valence-electron chi connectivity index (χ2n) is 17.1. The Morgan fingerprint density at radius 1 is 0.857 bits per heavy atom. The van der Waals surface area contributed by atoms with Crippen LogP contribution < -0.4 is 0 Å². The molecular formula is C46H54N2O. The molecule has 0 saturated heterocycles. The maximum absolute atomic E-state index is 6.83. The predicted molar refractivity (Wildman–Crippen MR) is 201 cm³/mol. The van der Waals surface area contributed by atoms with E-state index in [1.165, 1.54) is 90.6 Å². The Balaban J connectivity index is 1.18. The number of ether oxygens (including phenoxy) is 1. The lowest BCUT2D eigenvalue weighted by molar-refractivity contribution is 0.108. The molecular weight excluding hydrogens is 597 g/mol. The number of nitrogens with zero attached hydrogens (tertiary/aromatic N) is 2. The summed E-state index contributed by atoms with van der Waals surface area (Å²) in [5, 5.41) is 1.43. The van der Waals surface area contributed by atoms with Crippen molar-refractivity contribution in [1.82, 2.24) is 9.47 Å². The Labute approximate surface area is 293 Å². The van der Waals surface area contributed by atoms with Gasteiger partial charge >= 0.3 is 0 Å².